The molecule has 1 rings (SSSR count). The number of nitrogens with two attached hydrogens (primary N) is 1. The van der Waals surface area contributed by atoms with E-state index in [-0.39, 0.29) is 5.91 Å². The van der Waals surface area contributed by atoms with Crippen molar-refractivity contribution in [3.05, 3.63) is 35.9 Å². The maximum absolute atomic E-state index is 12.5. The normalized spacial score (nSPS) is 12.3. The van der Waals surface area contributed by atoms with Gasteiger partial charge < -0.3 is 10.6 Å². The minimum atomic E-state index is -0.587. The summed E-state index contributed by atoms with van der Waals surface area (Å²) in [4.78, 5) is 14.2. The van der Waals surface area contributed by atoms with Gasteiger partial charge in [-0.25, -0.2) is 0 Å². The molecule has 0 aromatic heterocycles. The van der Waals surface area contributed by atoms with Crippen LogP contribution in [-0.4, -0.2) is 23.4 Å². The fourth-order valence-electron chi connectivity index (χ4n) is 1.68. The molecule has 1 aromatic rings. The first-order valence-electron chi connectivity index (χ1n) is 6.24. The highest BCUT2D eigenvalue weighted by atomic mass is 16.2. The van der Waals surface area contributed by atoms with Crippen LogP contribution in [0.4, 0.5) is 0 Å². The van der Waals surface area contributed by atoms with Crippen molar-refractivity contribution in [3.8, 4) is 0 Å². The van der Waals surface area contributed by atoms with E-state index in [0.29, 0.717) is 6.54 Å². The predicted molar refractivity (Wildman–Crippen MR) is 75.0 cm³/mol. The van der Waals surface area contributed by atoms with Gasteiger partial charge in [0.05, 0.1) is 5.41 Å². The lowest BCUT2D eigenvalue weighted by atomic mass is 9.74. The smallest absolute Gasteiger partial charge is 0.230 e. The molecular weight excluding hydrogens is 224 g/mol. The molecule has 0 radical (unpaired) electrons. The molecule has 0 saturated heterocycles. The van der Waals surface area contributed by atoms with E-state index in [0.717, 1.165) is 5.56 Å². The van der Waals surface area contributed by atoms with Gasteiger partial charge in [-0.2, -0.15) is 0 Å². The topological polar surface area (TPSA) is 46.3 Å². The van der Waals surface area contributed by atoms with Crippen LogP contribution < -0.4 is 5.73 Å². The summed E-state index contributed by atoms with van der Waals surface area (Å²) in [7, 11) is 1.82. The summed E-state index contributed by atoms with van der Waals surface area (Å²) in [5.74, 6) is 0.0684. The minimum Gasteiger partial charge on any atom is -0.341 e. The number of carbonyl (C=O) groups excluding carboxylic acids is 1. The molecule has 0 aliphatic carbocycles. The van der Waals surface area contributed by atoms with E-state index < -0.39 is 11.0 Å². The van der Waals surface area contributed by atoms with Crippen LogP contribution in [0.15, 0.2) is 30.3 Å². The Labute approximate surface area is 110 Å². The van der Waals surface area contributed by atoms with E-state index in [1.54, 1.807) is 4.90 Å². The van der Waals surface area contributed by atoms with Crippen molar-refractivity contribution < 1.29 is 4.79 Å². The van der Waals surface area contributed by atoms with Crippen molar-refractivity contribution in [2.45, 2.75) is 39.8 Å². The van der Waals surface area contributed by atoms with Gasteiger partial charge in [0.25, 0.3) is 0 Å². The first kappa shape index (κ1) is 14.7. The molecule has 0 fully saturated rings. The maximum Gasteiger partial charge on any atom is 0.230 e. The van der Waals surface area contributed by atoms with Crippen molar-refractivity contribution in [2.75, 3.05) is 7.05 Å². The molecule has 1 aromatic carbocycles. The number of benzene rings is 1. The Balaban J connectivity index is 2.80. The van der Waals surface area contributed by atoms with Gasteiger partial charge in [0, 0.05) is 19.1 Å². The fourth-order valence-corrected chi connectivity index (χ4v) is 1.68. The third-order valence-corrected chi connectivity index (χ3v) is 3.75. The average Bonchev–Trinajstić information content (AvgIpc) is 2.27. The second-order valence-corrected chi connectivity index (χ2v) is 5.99. The number of hydrogen-bond donors (Lipinski definition) is 1. The lowest BCUT2D eigenvalue weighted by molar-refractivity contribution is -0.142. The summed E-state index contributed by atoms with van der Waals surface area (Å²) >= 11 is 0. The Morgan fingerprint density at radius 1 is 1.17 bits per heavy atom. The molecule has 0 aliphatic rings. The van der Waals surface area contributed by atoms with Gasteiger partial charge in [0.1, 0.15) is 0 Å². The standard InChI is InChI=1S/C15H24N2O/c1-14(2,15(3,4)16)13(18)17(5)11-12-9-7-6-8-10-12/h6-10H,11,16H2,1-5H3. The molecule has 0 aliphatic heterocycles. The van der Waals surface area contributed by atoms with Gasteiger partial charge in [-0.15, -0.1) is 0 Å². The lowest BCUT2D eigenvalue weighted by Crippen LogP contribution is -2.55. The summed E-state index contributed by atoms with van der Waals surface area (Å²) in [5, 5.41) is 0. The summed E-state index contributed by atoms with van der Waals surface area (Å²) in [6, 6.07) is 9.96. The van der Waals surface area contributed by atoms with E-state index in [2.05, 4.69) is 0 Å². The van der Waals surface area contributed by atoms with Crippen LogP contribution in [0, 0.1) is 5.41 Å². The SMILES string of the molecule is CN(Cc1ccccc1)C(=O)C(C)(C)C(C)(C)N. The van der Waals surface area contributed by atoms with Gasteiger partial charge >= 0.3 is 0 Å². The van der Waals surface area contributed by atoms with Crippen molar-refractivity contribution in [2.24, 2.45) is 11.1 Å². The lowest BCUT2D eigenvalue weighted by Gasteiger charge is -2.39. The Morgan fingerprint density at radius 2 is 1.67 bits per heavy atom. The van der Waals surface area contributed by atoms with Crippen molar-refractivity contribution in [1.29, 1.82) is 0 Å². The molecule has 3 heteroatoms. The van der Waals surface area contributed by atoms with Crippen LogP contribution >= 0.6 is 0 Å². The highest BCUT2D eigenvalue weighted by molar-refractivity contribution is 5.83. The highest BCUT2D eigenvalue weighted by Crippen LogP contribution is 2.30. The van der Waals surface area contributed by atoms with Crippen molar-refractivity contribution in [3.63, 3.8) is 0 Å². The summed E-state index contributed by atoms with van der Waals surface area (Å²) in [6.07, 6.45) is 0. The molecular formula is C15H24N2O. The molecule has 100 valence electrons. The Hall–Kier alpha value is -1.35. The Morgan fingerprint density at radius 3 is 2.11 bits per heavy atom. The number of hydrogen-bond acceptors (Lipinski definition) is 2. The van der Waals surface area contributed by atoms with Gasteiger partial charge in [0.15, 0.2) is 0 Å². The average molecular weight is 248 g/mol. The molecule has 0 bridgehead atoms. The van der Waals surface area contributed by atoms with E-state index >= 15 is 0 Å². The number of amides is 1. The van der Waals surface area contributed by atoms with Gasteiger partial charge in [-0.3, -0.25) is 4.79 Å². The first-order chi connectivity index (χ1) is 8.16. The molecule has 2 N–H and O–H groups in total. The number of rotatable bonds is 4. The molecule has 0 spiro atoms. The van der Waals surface area contributed by atoms with Crippen LogP contribution in [0.25, 0.3) is 0 Å². The van der Waals surface area contributed by atoms with Crippen LogP contribution in [0.1, 0.15) is 33.3 Å². The fraction of sp³-hybridized carbons (Fsp3) is 0.533. The quantitative estimate of drug-likeness (QED) is 0.889. The number of carbonyl (C=O) groups is 1. The summed E-state index contributed by atoms with van der Waals surface area (Å²) in [6.45, 7) is 8.19. The van der Waals surface area contributed by atoms with Crippen LogP contribution in [-0.2, 0) is 11.3 Å². The zero-order chi connectivity index (χ0) is 14.0. The first-order valence-corrected chi connectivity index (χ1v) is 6.24. The molecule has 0 saturated carbocycles. The Kier molecular flexibility index (Phi) is 4.17. The number of nitrogens with zero attached hydrogens (tertiary/aromatic N) is 1. The van der Waals surface area contributed by atoms with Gasteiger partial charge in [0.2, 0.25) is 5.91 Å². The molecule has 3 nitrogen and oxygen atoms in total. The molecule has 1 amide bonds. The van der Waals surface area contributed by atoms with Crippen LogP contribution in [0.5, 0.6) is 0 Å². The molecule has 0 heterocycles. The van der Waals surface area contributed by atoms with Crippen LogP contribution in [0.2, 0.25) is 0 Å². The third-order valence-electron chi connectivity index (χ3n) is 3.75. The van der Waals surface area contributed by atoms with E-state index in [9.17, 15) is 4.79 Å². The van der Waals surface area contributed by atoms with E-state index in [1.807, 2.05) is 65.1 Å². The highest BCUT2D eigenvalue weighted by Gasteiger charge is 2.41. The van der Waals surface area contributed by atoms with Gasteiger partial charge in [-0.05, 0) is 33.3 Å². The second-order valence-electron chi connectivity index (χ2n) is 5.99. The predicted octanol–water partition coefficient (Wildman–Crippen LogP) is 2.41. The zero-order valence-corrected chi connectivity index (χ0v) is 12.0. The zero-order valence-electron chi connectivity index (χ0n) is 12.0. The minimum absolute atomic E-state index is 0.0684. The third kappa shape index (κ3) is 3.10. The van der Waals surface area contributed by atoms with Crippen molar-refractivity contribution >= 4 is 5.91 Å². The Bertz CT molecular complexity index is 404. The molecule has 0 unspecified atom stereocenters. The largest absolute Gasteiger partial charge is 0.341 e. The maximum atomic E-state index is 12.5. The molecule has 18 heavy (non-hydrogen) atoms. The summed E-state index contributed by atoms with van der Waals surface area (Å²) in [5.41, 5.74) is 6.09. The van der Waals surface area contributed by atoms with Crippen LogP contribution in [0.3, 0.4) is 0 Å². The second kappa shape index (κ2) is 5.11. The van der Waals surface area contributed by atoms with E-state index in [1.165, 1.54) is 0 Å². The monoisotopic (exact) mass is 248 g/mol. The van der Waals surface area contributed by atoms with Crippen molar-refractivity contribution in [1.82, 2.24) is 4.90 Å². The summed E-state index contributed by atoms with van der Waals surface area (Å²) < 4.78 is 0. The molecule has 0 atom stereocenters. The van der Waals surface area contributed by atoms with E-state index in [4.69, 9.17) is 5.73 Å². The van der Waals surface area contributed by atoms with Gasteiger partial charge in [-0.1, -0.05) is 30.3 Å².